The minimum absolute atomic E-state index is 0.166. The predicted molar refractivity (Wildman–Crippen MR) is 74.3 cm³/mol. The van der Waals surface area contributed by atoms with Gasteiger partial charge < -0.3 is 4.57 Å². The molecule has 0 saturated carbocycles. The predicted octanol–water partition coefficient (Wildman–Crippen LogP) is 2.00. The molecule has 1 fully saturated rings. The van der Waals surface area contributed by atoms with E-state index in [-0.39, 0.29) is 18.2 Å². The Bertz CT molecular complexity index is 676. The molecule has 20 heavy (non-hydrogen) atoms. The molecule has 102 valence electrons. The topological polar surface area (TPSA) is 55.2 Å². The number of anilines is 1. The van der Waals surface area contributed by atoms with Crippen molar-refractivity contribution in [1.29, 1.82) is 0 Å². The summed E-state index contributed by atoms with van der Waals surface area (Å²) in [4.78, 5) is 29.9. The van der Waals surface area contributed by atoms with Crippen molar-refractivity contribution in [2.75, 3.05) is 4.90 Å². The number of aryl methyl sites for hydroxylation is 2. The van der Waals surface area contributed by atoms with E-state index in [1.807, 2.05) is 32.0 Å². The van der Waals surface area contributed by atoms with Crippen LogP contribution in [0.25, 0.3) is 0 Å². The van der Waals surface area contributed by atoms with Gasteiger partial charge in [-0.15, -0.1) is 0 Å². The first-order valence-corrected chi connectivity index (χ1v) is 6.49. The van der Waals surface area contributed by atoms with Crippen molar-refractivity contribution in [3.8, 4) is 0 Å². The fourth-order valence-corrected chi connectivity index (χ4v) is 2.61. The monoisotopic (exact) mass is 269 g/mol. The van der Waals surface area contributed by atoms with Crippen molar-refractivity contribution in [3.63, 3.8) is 0 Å². The van der Waals surface area contributed by atoms with Crippen molar-refractivity contribution in [3.05, 3.63) is 48.0 Å². The van der Waals surface area contributed by atoms with Gasteiger partial charge in [0, 0.05) is 12.4 Å². The third kappa shape index (κ3) is 1.91. The Kier molecular flexibility index (Phi) is 2.89. The highest BCUT2D eigenvalue weighted by Crippen LogP contribution is 2.31. The molecule has 0 N–H and O–H groups in total. The number of benzene rings is 1. The van der Waals surface area contributed by atoms with Crippen LogP contribution in [0.4, 0.5) is 5.69 Å². The lowest BCUT2D eigenvalue weighted by atomic mass is 10.1. The third-order valence-corrected chi connectivity index (χ3v) is 3.60. The van der Waals surface area contributed by atoms with Gasteiger partial charge in [-0.2, -0.15) is 0 Å². The minimum atomic E-state index is -0.481. The SMILES string of the molecule is Cc1ccc(N2C(=O)CC(n3ccnc3)C2=O)c(C)c1. The van der Waals surface area contributed by atoms with Gasteiger partial charge >= 0.3 is 0 Å². The Balaban J connectivity index is 1.98. The highest BCUT2D eigenvalue weighted by molar-refractivity contribution is 6.22. The van der Waals surface area contributed by atoms with Gasteiger partial charge in [0.2, 0.25) is 5.91 Å². The van der Waals surface area contributed by atoms with Crippen LogP contribution in [-0.2, 0) is 9.59 Å². The highest BCUT2D eigenvalue weighted by Gasteiger charge is 2.40. The van der Waals surface area contributed by atoms with E-state index >= 15 is 0 Å². The van der Waals surface area contributed by atoms with Crippen molar-refractivity contribution < 1.29 is 9.59 Å². The number of hydrogen-bond acceptors (Lipinski definition) is 3. The van der Waals surface area contributed by atoms with Gasteiger partial charge in [-0.3, -0.25) is 9.59 Å². The number of carbonyl (C=O) groups is 2. The molecule has 0 bridgehead atoms. The Morgan fingerprint density at radius 3 is 2.70 bits per heavy atom. The molecule has 1 aliphatic rings. The van der Waals surface area contributed by atoms with Crippen LogP contribution < -0.4 is 4.90 Å². The number of imidazole rings is 1. The summed E-state index contributed by atoms with van der Waals surface area (Å²) < 4.78 is 1.68. The molecular weight excluding hydrogens is 254 g/mol. The summed E-state index contributed by atoms with van der Waals surface area (Å²) in [7, 11) is 0. The van der Waals surface area contributed by atoms with E-state index in [1.165, 1.54) is 4.90 Å². The summed E-state index contributed by atoms with van der Waals surface area (Å²) >= 11 is 0. The van der Waals surface area contributed by atoms with E-state index in [4.69, 9.17) is 0 Å². The molecule has 1 aromatic heterocycles. The van der Waals surface area contributed by atoms with E-state index < -0.39 is 6.04 Å². The minimum Gasteiger partial charge on any atom is -0.324 e. The molecule has 1 aliphatic heterocycles. The first-order valence-electron chi connectivity index (χ1n) is 6.49. The summed E-state index contributed by atoms with van der Waals surface area (Å²) in [5.41, 5.74) is 2.71. The van der Waals surface area contributed by atoms with E-state index in [9.17, 15) is 9.59 Å². The molecule has 2 heterocycles. The highest BCUT2D eigenvalue weighted by atomic mass is 16.2. The summed E-state index contributed by atoms with van der Waals surface area (Å²) in [5.74, 6) is -0.361. The molecule has 0 aliphatic carbocycles. The second-order valence-corrected chi connectivity index (χ2v) is 5.09. The molecule has 1 unspecified atom stereocenters. The number of imide groups is 1. The van der Waals surface area contributed by atoms with Gasteiger partial charge in [0.1, 0.15) is 6.04 Å². The Labute approximate surface area is 116 Å². The van der Waals surface area contributed by atoms with E-state index in [0.29, 0.717) is 5.69 Å². The maximum absolute atomic E-state index is 12.5. The van der Waals surface area contributed by atoms with Gasteiger partial charge in [-0.05, 0) is 25.5 Å². The molecule has 2 aromatic rings. The normalized spacial score (nSPS) is 18.9. The van der Waals surface area contributed by atoms with Crippen LogP contribution in [0.3, 0.4) is 0 Å². The fourth-order valence-electron chi connectivity index (χ4n) is 2.61. The van der Waals surface area contributed by atoms with Crippen LogP contribution in [0.2, 0.25) is 0 Å². The number of hydrogen-bond donors (Lipinski definition) is 0. The van der Waals surface area contributed by atoms with Gasteiger partial charge in [0.25, 0.3) is 5.91 Å². The molecule has 1 aromatic carbocycles. The molecule has 3 rings (SSSR count). The number of aromatic nitrogens is 2. The molecule has 1 saturated heterocycles. The Morgan fingerprint density at radius 2 is 2.05 bits per heavy atom. The van der Waals surface area contributed by atoms with Crippen molar-refractivity contribution in [2.45, 2.75) is 26.3 Å². The van der Waals surface area contributed by atoms with E-state index in [2.05, 4.69) is 4.98 Å². The molecular formula is C15H15N3O2. The average molecular weight is 269 g/mol. The van der Waals surface area contributed by atoms with Crippen LogP contribution in [-0.4, -0.2) is 21.4 Å². The van der Waals surface area contributed by atoms with Crippen LogP contribution in [0.1, 0.15) is 23.6 Å². The lowest BCUT2D eigenvalue weighted by molar-refractivity contribution is -0.122. The average Bonchev–Trinajstić information content (AvgIpc) is 3.00. The second kappa shape index (κ2) is 4.59. The van der Waals surface area contributed by atoms with E-state index in [0.717, 1.165) is 11.1 Å². The number of rotatable bonds is 2. The number of nitrogens with zero attached hydrogens (tertiary/aromatic N) is 3. The Hall–Kier alpha value is -2.43. The summed E-state index contributed by atoms with van der Waals surface area (Å²) in [6, 6.07) is 5.23. The number of amides is 2. The van der Waals surface area contributed by atoms with Crippen LogP contribution >= 0.6 is 0 Å². The maximum atomic E-state index is 12.5. The van der Waals surface area contributed by atoms with E-state index in [1.54, 1.807) is 23.3 Å². The van der Waals surface area contributed by atoms with Crippen LogP contribution in [0, 0.1) is 13.8 Å². The fraction of sp³-hybridized carbons (Fsp3) is 0.267. The lowest BCUT2D eigenvalue weighted by Gasteiger charge is -2.18. The largest absolute Gasteiger partial charge is 0.324 e. The van der Waals surface area contributed by atoms with Crippen molar-refractivity contribution in [2.24, 2.45) is 0 Å². The molecule has 1 atom stereocenters. The molecule has 5 heteroatoms. The summed E-state index contributed by atoms with van der Waals surface area (Å²) in [6.07, 6.45) is 5.07. The van der Waals surface area contributed by atoms with Gasteiger partial charge in [0.05, 0.1) is 18.4 Å². The summed E-state index contributed by atoms with van der Waals surface area (Å²) in [6.45, 7) is 3.89. The van der Waals surface area contributed by atoms with Gasteiger partial charge in [-0.1, -0.05) is 17.7 Å². The maximum Gasteiger partial charge on any atom is 0.257 e. The second-order valence-electron chi connectivity index (χ2n) is 5.09. The molecule has 0 spiro atoms. The molecule has 0 radical (unpaired) electrons. The first kappa shape index (κ1) is 12.6. The molecule has 5 nitrogen and oxygen atoms in total. The lowest BCUT2D eigenvalue weighted by Crippen LogP contribution is -2.31. The molecule has 2 amide bonds. The van der Waals surface area contributed by atoms with Crippen LogP contribution in [0.5, 0.6) is 0 Å². The zero-order valence-electron chi connectivity index (χ0n) is 11.4. The quantitative estimate of drug-likeness (QED) is 0.784. The zero-order valence-corrected chi connectivity index (χ0v) is 11.4. The Morgan fingerprint density at radius 1 is 1.25 bits per heavy atom. The van der Waals surface area contributed by atoms with Crippen molar-refractivity contribution >= 4 is 17.5 Å². The zero-order chi connectivity index (χ0) is 14.3. The first-order chi connectivity index (χ1) is 9.58. The summed E-state index contributed by atoms with van der Waals surface area (Å²) in [5, 5.41) is 0. The van der Waals surface area contributed by atoms with Gasteiger partial charge in [0.15, 0.2) is 0 Å². The number of carbonyl (C=O) groups excluding carboxylic acids is 2. The van der Waals surface area contributed by atoms with Crippen LogP contribution in [0.15, 0.2) is 36.9 Å². The van der Waals surface area contributed by atoms with Crippen molar-refractivity contribution in [1.82, 2.24) is 9.55 Å². The third-order valence-electron chi connectivity index (χ3n) is 3.60. The smallest absolute Gasteiger partial charge is 0.257 e. The van der Waals surface area contributed by atoms with Gasteiger partial charge in [-0.25, -0.2) is 9.88 Å². The standard InChI is InChI=1S/C15H15N3O2/c1-10-3-4-12(11(2)7-10)18-14(19)8-13(15(18)20)17-6-5-16-9-17/h3-7,9,13H,8H2,1-2H3.